The number of pyridine rings is 1. The maximum Gasteiger partial charge on any atom is 0.123 e. The van der Waals surface area contributed by atoms with Crippen LogP contribution in [0.4, 0.5) is 4.39 Å². The summed E-state index contributed by atoms with van der Waals surface area (Å²) in [5, 5.41) is 2.26. The van der Waals surface area contributed by atoms with Crippen LogP contribution < -0.4 is 4.74 Å². The number of rotatable bonds is 6. The van der Waals surface area contributed by atoms with Crippen LogP contribution in [0.2, 0.25) is 0 Å². The summed E-state index contributed by atoms with van der Waals surface area (Å²) in [5.41, 5.74) is 2.97. The van der Waals surface area contributed by atoms with Gasteiger partial charge < -0.3 is 9.30 Å². The zero-order valence-corrected chi connectivity index (χ0v) is 16.7. The molecular formula is C26H20FN3O. The average molecular weight is 409 g/mol. The Morgan fingerprint density at radius 3 is 2.45 bits per heavy atom. The minimum Gasteiger partial charge on any atom is -0.489 e. The molecule has 0 aliphatic carbocycles. The molecule has 4 nitrogen and oxygen atoms in total. The van der Waals surface area contributed by atoms with E-state index in [1.54, 1.807) is 18.3 Å². The molecule has 0 bridgehead atoms. The average Bonchev–Trinajstić information content (AvgIpc) is 3.34. The van der Waals surface area contributed by atoms with Crippen LogP contribution in [0.25, 0.3) is 10.8 Å². The second-order valence-electron chi connectivity index (χ2n) is 7.31. The highest BCUT2D eigenvalue weighted by Crippen LogP contribution is 2.31. The van der Waals surface area contributed by atoms with E-state index in [1.165, 1.54) is 12.1 Å². The normalized spacial score (nSPS) is 12.0. The zero-order valence-electron chi connectivity index (χ0n) is 16.7. The quantitative estimate of drug-likeness (QED) is 0.357. The van der Waals surface area contributed by atoms with Gasteiger partial charge in [0.15, 0.2) is 0 Å². The fourth-order valence-electron chi connectivity index (χ4n) is 3.75. The first-order valence-electron chi connectivity index (χ1n) is 10.1. The predicted molar refractivity (Wildman–Crippen MR) is 118 cm³/mol. The van der Waals surface area contributed by atoms with Crippen LogP contribution in [0.1, 0.15) is 22.9 Å². The van der Waals surface area contributed by atoms with Gasteiger partial charge in [-0.2, -0.15) is 0 Å². The van der Waals surface area contributed by atoms with Crippen LogP contribution in [0, 0.1) is 5.82 Å². The van der Waals surface area contributed by atoms with E-state index in [1.807, 2.05) is 61.2 Å². The van der Waals surface area contributed by atoms with E-state index in [0.717, 1.165) is 33.3 Å². The molecule has 0 N–H and O–H groups in total. The first-order chi connectivity index (χ1) is 15.3. The molecule has 3 aromatic carbocycles. The van der Waals surface area contributed by atoms with E-state index >= 15 is 0 Å². The van der Waals surface area contributed by atoms with Crippen molar-refractivity contribution in [2.24, 2.45) is 0 Å². The third-order valence-electron chi connectivity index (χ3n) is 5.30. The Balaban J connectivity index is 1.46. The number of hydrogen-bond acceptors (Lipinski definition) is 3. The Morgan fingerprint density at radius 2 is 1.68 bits per heavy atom. The van der Waals surface area contributed by atoms with Crippen LogP contribution in [0.5, 0.6) is 5.75 Å². The SMILES string of the molecule is Fc1ccc(COc2ccc(C(c3nccc4ccccc34)n3ccnc3)cc2)cc1. The number of imidazole rings is 1. The molecule has 0 saturated heterocycles. The molecule has 5 aromatic rings. The first-order valence-corrected chi connectivity index (χ1v) is 10.1. The van der Waals surface area contributed by atoms with Crippen LogP contribution in [0.15, 0.2) is 104 Å². The third-order valence-corrected chi connectivity index (χ3v) is 5.30. The fourth-order valence-corrected chi connectivity index (χ4v) is 3.75. The number of fused-ring (bicyclic) bond motifs is 1. The second-order valence-corrected chi connectivity index (χ2v) is 7.31. The molecule has 31 heavy (non-hydrogen) atoms. The number of ether oxygens (including phenoxy) is 1. The Bertz CT molecular complexity index is 1280. The Kier molecular flexibility index (Phi) is 5.15. The summed E-state index contributed by atoms with van der Waals surface area (Å²) in [4.78, 5) is 8.98. The smallest absolute Gasteiger partial charge is 0.123 e. The van der Waals surface area contributed by atoms with E-state index in [0.29, 0.717) is 6.61 Å². The van der Waals surface area contributed by atoms with E-state index in [9.17, 15) is 4.39 Å². The van der Waals surface area contributed by atoms with Crippen LogP contribution in [-0.2, 0) is 6.61 Å². The standard InChI is InChI=1S/C26H20FN3O/c27-22-9-5-19(6-10-22)17-31-23-11-7-21(8-12-23)26(30-16-15-28-18-30)25-24-4-2-1-3-20(24)13-14-29-25/h1-16,18,26H,17H2. The van der Waals surface area contributed by atoms with Crippen molar-refractivity contribution in [2.45, 2.75) is 12.6 Å². The molecule has 0 fully saturated rings. The monoisotopic (exact) mass is 409 g/mol. The van der Waals surface area contributed by atoms with Crippen LogP contribution in [-0.4, -0.2) is 14.5 Å². The lowest BCUT2D eigenvalue weighted by molar-refractivity contribution is 0.306. The highest BCUT2D eigenvalue weighted by molar-refractivity contribution is 5.85. The van der Waals surface area contributed by atoms with Crippen molar-refractivity contribution in [3.8, 4) is 5.75 Å². The van der Waals surface area contributed by atoms with Gasteiger partial charge in [-0.05, 0) is 46.8 Å². The van der Waals surface area contributed by atoms with E-state index in [2.05, 4.69) is 21.7 Å². The van der Waals surface area contributed by atoms with Crippen molar-refractivity contribution in [3.05, 3.63) is 126 Å². The molecule has 0 aliphatic heterocycles. The summed E-state index contributed by atoms with van der Waals surface area (Å²) >= 11 is 0. The number of aromatic nitrogens is 3. The molecule has 0 amide bonds. The summed E-state index contributed by atoms with van der Waals surface area (Å²) in [6, 6.07) is 24.5. The lowest BCUT2D eigenvalue weighted by Gasteiger charge is -2.20. The molecular weight excluding hydrogens is 389 g/mol. The molecule has 2 aromatic heterocycles. The summed E-state index contributed by atoms with van der Waals surface area (Å²) < 4.78 is 21.0. The number of nitrogens with zero attached hydrogens (tertiary/aromatic N) is 3. The molecule has 1 atom stereocenters. The molecule has 5 heteroatoms. The van der Waals surface area contributed by atoms with Crippen molar-refractivity contribution >= 4 is 10.8 Å². The van der Waals surface area contributed by atoms with E-state index in [-0.39, 0.29) is 11.9 Å². The molecule has 5 rings (SSSR count). The molecule has 1 unspecified atom stereocenters. The molecule has 0 aliphatic rings. The number of halogens is 1. The minimum absolute atomic E-state index is 0.111. The Labute approximate surface area is 179 Å². The van der Waals surface area contributed by atoms with E-state index < -0.39 is 0 Å². The number of benzene rings is 3. The first kappa shape index (κ1) is 19.0. The molecule has 2 heterocycles. The van der Waals surface area contributed by atoms with Gasteiger partial charge in [-0.25, -0.2) is 9.37 Å². The number of hydrogen-bond donors (Lipinski definition) is 0. The predicted octanol–water partition coefficient (Wildman–Crippen LogP) is 5.79. The van der Waals surface area contributed by atoms with Crippen molar-refractivity contribution < 1.29 is 9.13 Å². The molecule has 0 spiro atoms. The maximum atomic E-state index is 13.1. The maximum absolute atomic E-state index is 13.1. The van der Waals surface area contributed by atoms with Gasteiger partial charge in [-0.1, -0.05) is 48.5 Å². The van der Waals surface area contributed by atoms with Gasteiger partial charge in [0, 0.05) is 24.0 Å². The van der Waals surface area contributed by atoms with Crippen molar-refractivity contribution in [3.63, 3.8) is 0 Å². The highest BCUT2D eigenvalue weighted by Gasteiger charge is 2.20. The van der Waals surface area contributed by atoms with Gasteiger partial charge in [0.1, 0.15) is 24.2 Å². The van der Waals surface area contributed by atoms with Crippen molar-refractivity contribution in [1.29, 1.82) is 0 Å². The van der Waals surface area contributed by atoms with Gasteiger partial charge >= 0.3 is 0 Å². The van der Waals surface area contributed by atoms with Gasteiger partial charge in [0.25, 0.3) is 0 Å². The Hall–Kier alpha value is -3.99. The van der Waals surface area contributed by atoms with Crippen molar-refractivity contribution in [1.82, 2.24) is 14.5 Å². The van der Waals surface area contributed by atoms with Gasteiger partial charge in [-0.3, -0.25) is 4.98 Å². The van der Waals surface area contributed by atoms with Crippen LogP contribution >= 0.6 is 0 Å². The van der Waals surface area contributed by atoms with Gasteiger partial charge in [0.2, 0.25) is 0 Å². The zero-order chi connectivity index (χ0) is 21.0. The van der Waals surface area contributed by atoms with Crippen molar-refractivity contribution in [2.75, 3.05) is 0 Å². The molecule has 152 valence electrons. The van der Waals surface area contributed by atoms with E-state index in [4.69, 9.17) is 9.72 Å². The molecule has 0 saturated carbocycles. The van der Waals surface area contributed by atoms with Gasteiger partial charge in [-0.15, -0.1) is 0 Å². The Morgan fingerprint density at radius 1 is 0.871 bits per heavy atom. The summed E-state index contributed by atoms with van der Waals surface area (Å²) in [7, 11) is 0. The largest absolute Gasteiger partial charge is 0.489 e. The summed E-state index contributed by atoms with van der Waals surface area (Å²) in [6.07, 6.45) is 7.39. The molecule has 0 radical (unpaired) electrons. The lowest BCUT2D eigenvalue weighted by atomic mass is 9.98. The fraction of sp³-hybridized carbons (Fsp3) is 0.0769. The summed E-state index contributed by atoms with van der Waals surface area (Å²) in [6.45, 7) is 0.384. The third kappa shape index (κ3) is 4.03. The second kappa shape index (κ2) is 8.40. The topological polar surface area (TPSA) is 39.9 Å². The highest BCUT2D eigenvalue weighted by atomic mass is 19.1. The van der Waals surface area contributed by atoms with Gasteiger partial charge in [0.05, 0.1) is 12.0 Å². The summed E-state index contributed by atoms with van der Waals surface area (Å²) in [5.74, 6) is 0.504. The lowest BCUT2D eigenvalue weighted by Crippen LogP contribution is -2.13. The van der Waals surface area contributed by atoms with Crippen LogP contribution in [0.3, 0.4) is 0 Å². The minimum atomic E-state index is -0.249.